The number of likely N-dealkylation sites (tertiary alicyclic amines) is 1. The fourth-order valence-corrected chi connectivity index (χ4v) is 3.30. The number of rotatable bonds is 7. The molecule has 1 saturated heterocycles. The van der Waals surface area contributed by atoms with Gasteiger partial charge in [-0.15, -0.1) is 0 Å². The van der Waals surface area contributed by atoms with Gasteiger partial charge in [-0.1, -0.05) is 35.5 Å². The number of hydrogen-bond acceptors (Lipinski definition) is 5. The highest BCUT2D eigenvalue weighted by molar-refractivity contribution is 5.73. The molecule has 26 heavy (non-hydrogen) atoms. The van der Waals surface area contributed by atoms with Gasteiger partial charge in [0.05, 0.1) is 0 Å². The van der Waals surface area contributed by atoms with Crippen LogP contribution in [-0.4, -0.2) is 65.7 Å². The lowest BCUT2D eigenvalue weighted by Crippen LogP contribution is -2.41. The first-order valence-electron chi connectivity index (χ1n) is 9.17. The number of nitrogens with zero attached hydrogens (tertiary/aromatic N) is 4. The second kappa shape index (κ2) is 8.80. The molecular formula is C19H27N5O2. The van der Waals surface area contributed by atoms with Gasteiger partial charge in [-0.3, -0.25) is 0 Å². The molecule has 0 spiro atoms. The normalized spacial score (nSPS) is 17.4. The van der Waals surface area contributed by atoms with E-state index in [0.717, 1.165) is 19.6 Å². The van der Waals surface area contributed by atoms with Crippen molar-refractivity contribution in [3.8, 4) is 0 Å². The molecule has 0 saturated carbocycles. The van der Waals surface area contributed by atoms with Crippen LogP contribution in [0.5, 0.6) is 0 Å². The van der Waals surface area contributed by atoms with E-state index in [1.54, 1.807) is 18.9 Å². The zero-order valence-electron chi connectivity index (χ0n) is 15.5. The van der Waals surface area contributed by atoms with Crippen LogP contribution in [0.2, 0.25) is 0 Å². The molecule has 1 N–H and O–H groups in total. The van der Waals surface area contributed by atoms with Gasteiger partial charge in [0.25, 0.3) is 0 Å². The van der Waals surface area contributed by atoms with Crippen LogP contribution >= 0.6 is 0 Å². The molecule has 1 aliphatic heterocycles. The van der Waals surface area contributed by atoms with E-state index < -0.39 is 0 Å². The first-order chi connectivity index (χ1) is 12.6. The fourth-order valence-electron chi connectivity index (χ4n) is 3.30. The van der Waals surface area contributed by atoms with Crippen molar-refractivity contribution in [3.05, 3.63) is 47.6 Å². The lowest BCUT2D eigenvalue weighted by molar-refractivity contribution is 0.207. The van der Waals surface area contributed by atoms with Crippen molar-refractivity contribution in [3.63, 3.8) is 0 Å². The van der Waals surface area contributed by atoms with Gasteiger partial charge in [0, 0.05) is 46.6 Å². The van der Waals surface area contributed by atoms with Crippen LogP contribution in [0.3, 0.4) is 0 Å². The van der Waals surface area contributed by atoms with Gasteiger partial charge in [-0.2, -0.15) is 4.98 Å². The average molecular weight is 357 g/mol. The topological polar surface area (TPSA) is 74.5 Å². The van der Waals surface area contributed by atoms with Crippen LogP contribution in [0.4, 0.5) is 4.79 Å². The molecular weight excluding hydrogens is 330 g/mol. The third-order valence-corrected chi connectivity index (χ3v) is 4.83. The van der Waals surface area contributed by atoms with Crippen LogP contribution in [0.25, 0.3) is 0 Å². The molecule has 3 rings (SSSR count). The Morgan fingerprint density at radius 2 is 2.19 bits per heavy atom. The third kappa shape index (κ3) is 5.05. The Bertz CT molecular complexity index is 703. The first-order valence-corrected chi connectivity index (χ1v) is 9.17. The summed E-state index contributed by atoms with van der Waals surface area (Å²) in [4.78, 5) is 20.4. The molecule has 7 nitrogen and oxygen atoms in total. The molecule has 0 aliphatic carbocycles. The number of likely N-dealkylation sites (N-methyl/N-ethyl adjacent to an activating group) is 1. The van der Waals surface area contributed by atoms with Gasteiger partial charge in [0.15, 0.2) is 5.82 Å². The van der Waals surface area contributed by atoms with E-state index in [-0.39, 0.29) is 6.03 Å². The highest BCUT2D eigenvalue weighted by atomic mass is 16.5. The lowest BCUT2D eigenvalue weighted by atomic mass is 9.99. The van der Waals surface area contributed by atoms with Crippen molar-refractivity contribution in [2.24, 2.45) is 0 Å². The van der Waals surface area contributed by atoms with Crippen molar-refractivity contribution in [1.29, 1.82) is 0 Å². The maximum Gasteiger partial charge on any atom is 0.317 e. The van der Waals surface area contributed by atoms with Crippen molar-refractivity contribution >= 4 is 6.03 Å². The number of aromatic nitrogens is 2. The van der Waals surface area contributed by atoms with Gasteiger partial charge in [-0.05, 0) is 24.4 Å². The zero-order valence-corrected chi connectivity index (χ0v) is 15.5. The van der Waals surface area contributed by atoms with E-state index in [9.17, 15) is 4.79 Å². The van der Waals surface area contributed by atoms with Crippen molar-refractivity contribution in [2.75, 3.05) is 39.8 Å². The number of benzene rings is 1. The summed E-state index contributed by atoms with van der Waals surface area (Å²) in [7, 11) is 1.78. The lowest BCUT2D eigenvalue weighted by Gasteiger charge is -2.20. The predicted octanol–water partition coefficient (Wildman–Crippen LogP) is 2.05. The summed E-state index contributed by atoms with van der Waals surface area (Å²) in [5.74, 6) is 1.78. The molecule has 1 aromatic heterocycles. The number of aryl methyl sites for hydroxylation is 1. The largest absolute Gasteiger partial charge is 0.340 e. The number of carbonyl (C=O) groups excluding carboxylic acids is 1. The summed E-state index contributed by atoms with van der Waals surface area (Å²) in [5.41, 5.74) is 1.41. The molecule has 2 heterocycles. The molecule has 0 unspecified atom stereocenters. The van der Waals surface area contributed by atoms with Gasteiger partial charge >= 0.3 is 6.03 Å². The second-order valence-electron chi connectivity index (χ2n) is 6.83. The summed E-state index contributed by atoms with van der Waals surface area (Å²) < 4.78 is 4.93. The van der Waals surface area contributed by atoms with E-state index in [1.165, 1.54) is 12.0 Å². The monoisotopic (exact) mass is 357 g/mol. The van der Waals surface area contributed by atoms with Gasteiger partial charge in [0.2, 0.25) is 5.89 Å². The van der Waals surface area contributed by atoms with E-state index in [4.69, 9.17) is 4.52 Å². The maximum atomic E-state index is 12.2. The molecule has 0 bridgehead atoms. The second-order valence-corrected chi connectivity index (χ2v) is 6.83. The average Bonchev–Trinajstić information content (AvgIpc) is 3.29. The molecule has 0 radical (unpaired) electrons. The number of amides is 2. The number of carbonyl (C=O) groups is 1. The van der Waals surface area contributed by atoms with Crippen molar-refractivity contribution in [2.45, 2.75) is 25.7 Å². The van der Waals surface area contributed by atoms with Gasteiger partial charge < -0.3 is 19.6 Å². The van der Waals surface area contributed by atoms with E-state index in [1.807, 2.05) is 0 Å². The third-order valence-electron chi connectivity index (χ3n) is 4.83. The summed E-state index contributed by atoms with van der Waals surface area (Å²) >= 11 is 0. The Hall–Kier alpha value is -2.41. The molecule has 1 aromatic carbocycles. The molecule has 1 aliphatic rings. The molecule has 7 heteroatoms. The summed E-state index contributed by atoms with van der Waals surface area (Å²) in [6.07, 6.45) is 1.77. The van der Waals surface area contributed by atoms with Gasteiger partial charge in [-0.25, -0.2) is 4.79 Å². The van der Waals surface area contributed by atoms with Crippen LogP contribution in [0.15, 0.2) is 34.9 Å². The smallest absolute Gasteiger partial charge is 0.317 e. The highest BCUT2D eigenvalue weighted by Crippen LogP contribution is 2.26. The number of hydrogen-bond donors (Lipinski definition) is 1. The quantitative estimate of drug-likeness (QED) is 0.821. The van der Waals surface area contributed by atoms with Crippen LogP contribution in [0.1, 0.15) is 29.6 Å². The van der Waals surface area contributed by atoms with Gasteiger partial charge in [0.1, 0.15) is 0 Å². The highest BCUT2D eigenvalue weighted by Gasteiger charge is 2.23. The van der Waals surface area contributed by atoms with E-state index in [0.29, 0.717) is 37.1 Å². The van der Waals surface area contributed by atoms with Crippen LogP contribution < -0.4 is 5.32 Å². The SMILES string of the molecule is Cc1nc(CCN(C)C(=O)NCCN2CC[C@@H](c3ccccc3)C2)no1. The van der Waals surface area contributed by atoms with Crippen LogP contribution in [0, 0.1) is 6.92 Å². The molecule has 2 amide bonds. The summed E-state index contributed by atoms with van der Waals surface area (Å²) in [6.45, 7) is 6.01. The zero-order chi connectivity index (χ0) is 18.4. The fraction of sp³-hybridized carbons (Fsp3) is 0.526. The Morgan fingerprint density at radius 3 is 2.92 bits per heavy atom. The van der Waals surface area contributed by atoms with Crippen molar-refractivity contribution < 1.29 is 9.32 Å². The molecule has 1 fully saturated rings. The standard InChI is InChI=1S/C19H27N5O2/c1-15-21-18(22-26-15)9-11-23(2)19(25)20-10-13-24-12-8-17(14-24)16-6-4-3-5-7-16/h3-7,17H,8-14H2,1-2H3,(H,20,25)/t17-/m1/s1. The number of nitrogens with one attached hydrogen (secondary N) is 1. The minimum atomic E-state index is -0.0657. The predicted molar refractivity (Wildman–Crippen MR) is 99.0 cm³/mol. The Balaban J connectivity index is 1.33. The Labute approximate surface area is 154 Å². The Morgan fingerprint density at radius 1 is 1.38 bits per heavy atom. The summed E-state index contributed by atoms with van der Waals surface area (Å²) in [6, 6.07) is 10.6. The van der Waals surface area contributed by atoms with E-state index >= 15 is 0 Å². The van der Waals surface area contributed by atoms with Crippen LogP contribution in [-0.2, 0) is 6.42 Å². The molecule has 2 aromatic rings. The number of urea groups is 1. The molecule has 140 valence electrons. The molecule has 1 atom stereocenters. The minimum Gasteiger partial charge on any atom is -0.340 e. The van der Waals surface area contributed by atoms with E-state index in [2.05, 4.69) is 50.7 Å². The first kappa shape index (κ1) is 18.4. The Kier molecular flexibility index (Phi) is 6.22. The van der Waals surface area contributed by atoms with Crippen molar-refractivity contribution in [1.82, 2.24) is 25.3 Å². The maximum absolute atomic E-state index is 12.2. The summed E-state index contributed by atoms with van der Waals surface area (Å²) in [5, 5.41) is 6.83. The minimum absolute atomic E-state index is 0.0657.